The van der Waals surface area contributed by atoms with E-state index in [0.29, 0.717) is 0 Å². The monoisotopic (exact) mass is 497 g/mol. The van der Waals surface area contributed by atoms with E-state index in [-0.39, 0.29) is 51.0 Å². The minimum absolute atomic E-state index is 0. The van der Waals surface area contributed by atoms with Gasteiger partial charge in [0.1, 0.15) is 0 Å². The van der Waals surface area contributed by atoms with Crippen molar-refractivity contribution in [1.29, 1.82) is 0 Å². The van der Waals surface area contributed by atoms with Gasteiger partial charge >= 0.3 is 26.2 Å². The van der Waals surface area contributed by atoms with Gasteiger partial charge in [0, 0.05) is 8.07 Å². The molecule has 0 N–H and O–H groups in total. The first-order chi connectivity index (χ1) is 10.5. The summed E-state index contributed by atoms with van der Waals surface area (Å²) in [6, 6.07) is 11.2. The molecule has 0 unspecified atom stereocenters. The fraction of sp³-hybridized carbons (Fsp3) is 0.429. The van der Waals surface area contributed by atoms with Gasteiger partial charge in [0.2, 0.25) is 0 Å². The van der Waals surface area contributed by atoms with Crippen LogP contribution in [0.1, 0.15) is 22.3 Å². The summed E-state index contributed by atoms with van der Waals surface area (Å²) in [4.78, 5) is 0. The van der Waals surface area contributed by atoms with Gasteiger partial charge in [-0.1, -0.05) is 74.7 Å². The topological polar surface area (TPSA) is 0 Å². The minimum Gasteiger partial charge on any atom is -1.00 e. The summed E-state index contributed by atoms with van der Waals surface area (Å²) in [7, 11) is -2.63. The van der Waals surface area contributed by atoms with Crippen molar-refractivity contribution in [3.8, 4) is 11.1 Å². The predicted octanol–water partition coefficient (Wildman–Crippen LogP) is -1.23. The van der Waals surface area contributed by atoms with Crippen molar-refractivity contribution in [3.63, 3.8) is 0 Å². The normalized spacial score (nSPS) is 12.3. The summed E-state index contributed by atoms with van der Waals surface area (Å²) in [6.07, 6.45) is 1.06. The Morgan fingerprint density at radius 3 is 1.77 bits per heavy atom. The fourth-order valence-corrected chi connectivity index (χ4v) is 7.62. The SMILES string of the molecule is Cc1[c-]c2c(cc1[Si](C)(C)C)-c1cc([Si](C)(C)C)c(C)cc1C2.[Cl-].[Cl-].[Zr+3]. The average Bonchev–Trinajstić information content (AvgIpc) is 2.70. The van der Waals surface area contributed by atoms with Crippen molar-refractivity contribution in [3.05, 3.63) is 46.5 Å². The van der Waals surface area contributed by atoms with Crippen LogP contribution in [0.4, 0.5) is 0 Å². The third kappa shape index (κ3) is 4.84. The predicted molar refractivity (Wildman–Crippen MR) is 109 cm³/mol. The van der Waals surface area contributed by atoms with Crippen LogP contribution in [0.25, 0.3) is 11.1 Å². The fourth-order valence-electron chi connectivity index (χ4n) is 4.02. The van der Waals surface area contributed by atoms with Gasteiger partial charge in [-0.2, -0.15) is 22.9 Å². The van der Waals surface area contributed by atoms with E-state index < -0.39 is 16.1 Å². The molecule has 1 aliphatic carbocycles. The quantitative estimate of drug-likeness (QED) is 0.306. The van der Waals surface area contributed by atoms with Crippen LogP contribution in [0.5, 0.6) is 0 Å². The number of hydrogen-bond acceptors (Lipinski definition) is 0. The maximum atomic E-state index is 3.73. The molecule has 2 aromatic carbocycles. The van der Waals surface area contributed by atoms with Gasteiger partial charge in [0.25, 0.3) is 0 Å². The Balaban J connectivity index is 0.00000208. The summed E-state index contributed by atoms with van der Waals surface area (Å²) in [5.41, 5.74) is 8.71. The van der Waals surface area contributed by atoms with E-state index in [2.05, 4.69) is 77.4 Å². The molecule has 0 aliphatic heterocycles. The van der Waals surface area contributed by atoms with Crippen LogP contribution in [0.2, 0.25) is 39.3 Å². The number of rotatable bonds is 2. The van der Waals surface area contributed by atoms with E-state index in [4.69, 9.17) is 0 Å². The molecule has 0 atom stereocenters. The molecule has 2 aromatic rings. The van der Waals surface area contributed by atoms with E-state index in [0.717, 1.165) is 6.42 Å². The second-order valence-corrected chi connectivity index (χ2v) is 19.3. The maximum absolute atomic E-state index is 3.73. The van der Waals surface area contributed by atoms with E-state index in [9.17, 15) is 0 Å². The second-order valence-electron chi connectivity index (χ2n) is 9.20. The molecule has 1 radical (unpaired) electrons. The summed E-state index contributed by atoms with van der Waals surface area (Å²) in [5, 5.41) is 3.18. The Labute approximate surface area is 193 Å². The largest absolute Gasteiger partial charge is 3.00 e. The molecule has 0 nitrogen and oxygen atoms in total. The van der Waals surface area contributed by atoms with E-state index >= 15 is 0 Å². The van der Waals surface area contributed by atoms with Crippen LogP contribution in [-0.4, -0.2) is 16.1 Å². The summed E-state index contributed by atoms with van der Waals surface area (Å²) < 4.78 is 0. The molecule has 0 spiro atoms. The van der Waals surface area contributed by atoms with Gasteiger partial charge < -0.3 is 24.8 Å². The molecule has 139 valence electrons. The van der Waals surface area contributed by atoms with E-state index in [1.54, 1.807) is 10.4 Å². The molecule has 0 aromatic heterocycles. The molecule has 5 heteroatoms. The molecule has 0 amide bonds. The number of benzene rings is 2. The van der Waals surface area contributed by atoms with E-state index in [1.165, 1.54) is 33.4 Å². The first kappa shape index (κ1) is 26.3. The van der Waals surface area contributed by atoms with Crippen molar-refractivity contribution in [1.82, 2.24) is 0 Å². The van der Waals surface area contributed by atoms with Crippen molar-refractivity contribution >= 4 is 26.5 Å². The van der Waals surface area contributed by atoms with Crippen LogP contribution in [0.15, 0.2) is 18.2 Å². The van der Waals surface area contributed by atoms with Crippen LogP contribution in [0, 0.1) is 19.9 Å². The molecule has 0 saturated carbocycles. The van der Waals surface area contributed by atoms with Crippen LogP contribution >= 0.6 is 0 Å². The zero-order chi connectivity index (χ0) is 17.2. The zero-order valence-electron chi connectivity index (χ0n) is 17.2. The molecule has 26 heavy (non-hydrogen) atoms. The number of hydrogen-bond donors (Lipinski definition) is 0. The molecule has 3 rings (SSSR count). The summed E-state index contributed by atoms with van der Waals surface area (Å²) in [5.74, 6) is 0. The Morgan fingerprint density at radius 1 is 0.769 bits per heavy atom. The first-order valence-corrected chi connectivity index (χ1v) is 15.7. The summed E-state index contributed by atoms with van der Waals surface area (Å²) in [6.45, 7) is 19.2. The Kier molecular flexibility index (Phi) is 8.90. The number of aryl methyl sites for hydroxylation is 2. The van der Waals surface area contributed by atoms with E-state index in [1.807, 2.05) is 0 Å². The third-order valence-electron chi connectivity index (χ3n) is 5.08. The molecule has 1 aliphatic rings. The zero-order valence-corrected chi connectivity index (χ0v) is 23.2. The van der Waals surface area contributed by atoms with Gasteiger partial charge in [-0.15, -0.1) is 11.1 Å². The maximum Gasteiger partial charge on any atom is 3.00 e. The van der Waals surface area contributed by atoms with Gasteiger partial charge in [-0.05, 0) is 18.9 Å². The first-order valence-electron chi connectivity index (χ1n) is 8.69. The van der Waals surface area contributed by atoms with Crippen LogP contribution in [-0.2, 0) is 32.6 Å². The van der Waals surface area contributed by atoms with Gasteiger partial charge in [-0.25, -0.2) is 0 Å². The molecule has 0 bridgehead atoms. The molecule has 0 fully saturated rings. The van der Waals surface area contributed by atoms with Crippen molar-refractivity contribution < 1.29 is 51.0 Å². The smallest absolute Gasteiger partial charge is 1.00 e. The van der Waals surface area contributed by atoms with Crippen LogP contribution < -0.4 is 35.2 Å². The summed E-state index contributed by atoms with van der Waals surface area (Å²) >= 11 is 0. The third-order valence-corrected chi connectivity index (χ3v) is 9.37. The van der Waals surface area contributed by atoms with Crippen molar-refractivity contribution in [2.24, 2.45) is 0 Å². The van der Waals surface area contributed by atoms with Gasteiger partial charge in [-0.3, -0.25) is 0 Å². The average molecular weight is 500 g/mol. The van der Waals surface area contributed by atoms with Gasteiger partial charge in [0.05, 0.1) is 8.07 Å². The molecular formula is C21H29Cl2Si2Zr. The molecular weight excluding hydrogens is 471 g/mol. The van der Waals surface area contributed by atoms with Crippen molar-refractivity contribution in [2.75, 3.05) is 0 Å². The van der Waals surface area contributed by atoms with Crippen molar-refractivity contribution in [2.45, 2.75) is 59.6 Å². The Hall–Kier alpha value is 0.337. The van der Waals surface area contributed by atoms with Crippen LogP contribution in [0.3, 0.4) is 0 Å². The number of fused-ring (bicyclic) bond motifs is 3. The Bertz CT molecular complexity index is 736. The number of halogens is 2. The molecule has 0 heterocycles. The van der Waals surface area contributed by atoms with Gasteiger partial charge in [0.15, 0.2) is 0 Å². The second kappa shape index (κ2) is 8.78. The minimum atomic E-state index is -1.33. The Morgan fingerprint density at radius 2 is 1.27 bits per heavy atom. The standard InChI is InChI=1S/C21H29Si2.2ClH.Zr/c1-14-9-16-11-17-10-15(2)21(23(6,7)8)13-19(17)18(16)12-20(14)22(3,4)5;;;/h9,12-13H,11H2,1-8H3;2*1H;/q-1;;;+3/p-2. The molecule has 0 saturated heterocycles.